The summed E-state index contributed by atoms with van der Waals surface area (Å²) < 4.78 is 61.9. The van der Waals surface area contributed by atoms with Crippen LogP contribution in [0.2, 0.25) is 0 Å². The summed E-state index contributed by atoms with van der Waals surface area (Å²) in [6, 6.07) is 0. The van der Waals surface area contributed by atoms with E-state index in [4.69, 9.17) is 24.4 Å². The molecule has 294 valence electrons. The van der Waals surface area contributed by atoms with Crippen LogP contribution in [0.3, 0.4) is 0 Å². The van der Waals surface area contributed by atoms with E-state index in [2.05, 4.69) is 39.6 Å². The van der Waals surface area contributed by atoms with Crippen molar-refractivity contribution in [2.75, 3.05) is 38.6 Å². The van der Waals surface area contributed by atoms with Crippen molar-refractivity contribution in [2.24, 2.45) is 10.6 Å². The Morgan fingerprint density at radius 1 is 1.12 bits per heavy atom. The molecule has 1 saturated heterocycles. The molecular formula is C24H41N8O17P3. The van der Waals surface area contributed by atoms with Gasteiger partial charge in [0, 0.05) is 18.4 Å². The van der Waals surface area contributed by atoms with Crippen molar-refractivity contribution in [3.63, 3.8) is 0 Å². The molecular weight excluding hydrogens is 765 g/mol. The maximum atomic E-state index is 12.6. The van der Waals surface area contributed by atoms with E-state index in [-0.39, 0.29) is 36.5 Å². The number of oxime groups is 1. The van der Waals surface area contributed by atoms with Gasteiger partial charge in [0.25, 0.3) is 0 Å². The summed E-state index contributed by atoms with van der Waals surface area (Å²) in [6.07, 6.45) is -6.87. The van der Waals surface area contributed by atoms with Gasteiger partial charge >= 0.3 is 23.5 Å². The van der Waals surface area contributed by atoms with Crippen LogP contribution < -0.4 is 16.4 Å². The van der Waals surface area contributed by atoms with E-state index in [9.17, 15) is 53.1 Å². The Morgan fingerprint density at radius 2 is 1.79 bits per heavy atom. The van der Waals surface area contributed by atoms with Crippen molar-refractivity contribution in [3.05, 3.63) is 12.7 Å². The summed E-state index contributed by atoms with van der Waals surface area (Å²) >= 11 is 0. The van der Waals surface area contributed by atoms with Gasteiger partial charge in [-0.3, -0.25) is 27.7 Å². The highest BCUT2D eigenvalue weighted by atomic mass is 31.3. The predicted molar refractivity (Wildman–Crippen MR) is 174 cm³/mol. The maximum Gasteiger partial charge on any atom is 0.481 e. The minimum absolute atomic E-state index is 0.0335. The number of nitrogens with zero attached hydrogens (tertiary/aromatic N) is 5. The fourth-order valence-corrected chi connectivity index (χ4v) is 7.20. The van der Waals surface area contributed by atoms with Crippen LogP contribution in [0.5, 0.6) is 0 Å². The van der Waals surface area contributed by atoms with Gasteiger partial charge in [-0.05, 0) is 13.8 Å². The monoisotopic (exact) mass is 806 g/mol. The highest BCUT2D eigenvalue weighted by Gasteiger charge is 2.50. The number of hydrogen-bond acceptors (Lipinski definition) is 18. The third-order valence-corrected chi connectivity index (χ3v) is 10.1. The van der Waals surface area contributed by atoms with Crippen LogP contribution in [-0.2, 0) is 50.7 Å². The highest BCUT2D eigenvalue weighted by Crippen LogP contribution is 2.61. The van der Waals surface area contributed by atoms with Crippen molar-refractivity contribution in [1.29, 1.82) is 0 Å². The highest BCUT2D eigenvalue weighted by molar-refractivity contribution is 7.61. The number of carbonyl (C=O) groups excluding carboxylic acids is 2. The van der Waals surface area contributed by atoms with Crippen molar-refractivity contribution in [3.8, 4) is 0 Å². The predicted octanol–water partition coefficient (Wildman–Crippen LogP) is -1.18. The van der Waals surface area contributed by atoms with Crippen LogP contribution in [0.4, 0.5) is 5.82 Å². The quantitative estimate of drug-likeness (QED) is 0.0432. The third-order valence-electron chi connectivity index (χ3n) is 6.97. The zero-order chi connectivity index (χ0) is 39.1. The minimum Gasteiger partial charge on any atom is -0.396 e. The van der Waals surface area contributed by atoms with Gasteiger partial charge in [0.2, 0.25) is 11.8 Å². The zero-order valence-corrected chi connectivity index (χ0v) is 30.8. The second kappa shape index (κ2) is 17.9. The lowest BCUT2D eigenvalue weighted by Gasteiger charge is -2.30. The van der Waals surface area contributed by atoms with Gasteiger partial charge in [0.05, 0.1) is 31.8 Å². The first-order valence-electron chi connectivity index (χ1n) is 15.1. The number of fused-ring (bicyclic) bond motifs is 1. The van der Waals surface area contributed by atoms with E-state index in [1.54, 1.807) is 13.8 Å². The fourth-order valence-electron chi connectivity index (χ4n) is 4.37. The molecule has 0 aliphatic carbocycles. The third kappa shape index (κ3) is 12.6. The molecule has 2 aromatic heterocycles. The zero-order valence-electron chi connectivity index (χ0n) is 28.1. The van der Waals surface area contributed by atoms with E-state index in [0.29, 0.717) is 12.3 Å². The Bertz CT molecular complexity index is 1740. The number of carbonyl (C=O) groups is 2. The number of nitrogen functional groups attached to an aromatic ring is 1. The number of nitrogens with one attached hydrogen (secondary N) is 2. The van der Waals surface area contributed by atoms with Crippen molar-refractivity contribution >= 4 is 58.0 Å². The molecule has 3 heterocycles. The van der Waals surface area contributed by atoms with E-state index in [0.717, 1.165) is 17.2 Å². The molecule has 0 bridgehead atoms. The number of nitrogens with two attached hydrogens (primary N) is 1. The van der Waals surface area contributed by atoms with E-state index < -0.39 is 84.6 Å². The lowest BCUT2D eigenvalue weighted by Crippen LogP contribution is -2.46. The Morgan fingerprint density at radius 3 is 2.44 bits per heavy atom. The second-order valence-corrected chi connectivity index (χ2v) is 16.0. The summed E-state index contributed by atoms with van der Waals surface area (Å²) in [7, 11) is -16.4. The van der Waals surface area contributed by atoms with Crippen molar-refractivity contribution in [2.45, 2.75) is 64.8 Å². The molecule has 2 amide bonds. The van der Waals surface area contributed by atoms with Gasteiger partial charge in [-0.2, -0.15) is 4.31 Å². The Balaban J connectivity index is 1.55. The number of aliphatic hydroxyl groups excluding tert-OH is 2. The van der Waals surface area contributed by atoms with Gasteiger partial charge in [-0.25, -0.2) is 28.6 Å². The number of rotatable bonds is 20. The average Bonchev–Trinajstić information content (AvgIpc) is 3.60. The summed E-state index contributed by atoms with van der Waals surface area (Å²) in [5.41, 5.74) is 4.78. The van der Waals surface area contributed by atoms with Gasteiger partial charge in [0.1, 0.15) is 42.9 Å². The molecule has 3 rings (SSSR count). The van der Waals surface area contributed by atoms with Crippen LogP contribution in [-0.4, -0.2) is 124 Å². The molecule has 25 nitrogen and oxygen atoms in total. The normalized spacial score (nSPS) is 22.8. The number of phosphoric ester groups is 3. The number of aromatic nitrogens is 4. The van der Waals surface area contributed by atoms with Gasteiger partial charge in [-0.15, -0.1) is 0 Å². The average molecular weight is 807 g/mol. The number of phosphoric acid groups is 3. The fraction of sp³-hybridized carbons (Fsp3) is 0.667. The molecule has 52 heavy (non-hydrogen) atoms. The molecule has 0 saturated carbocycles. The van der Waals surface area contributed by atoms with Crippen molar-refractivity contribution in [1.82, 2.24) is 30.2 Å². The number of amides is 2. The topological polar surface area (TPSA) is 368 Å². The smallest absolute Gasteiger partial charge is 0.396 e. The van der Waals surface area contributed by atoms with Crippen LogP contribution in [0.1, 0.15) is 40.3 Å². The molecule has 7 unspecified atom stereocenters. The molecule has 1 fully saturated rings. The van der Waals surface area contributed by atoms with Crippen LogP contribution >= 0.6 is 23.5 Å². The lowest BCUT2D eigenvalue weighted by atomic mass is 9.87. The number of ether oxygens (including phenoxy) is 1. The molecule has 10 N–H and O–H groups in total. The maximum absolute atomic E-state index is 12.6. The molecule has 1 aliphatic heterocycles. The summed E-state index contributed by atoms with van der Waals surface area (Å²) in [6.45, 7) is 4.16. The molecule has 0 spiro atoms. The molecule has 7 atom stereocenters. The number of anilines is 1. The number of hydrogen-bond donors (Lipinski definition) is 9. The SMILES string of the molecule is CCO/N=C(\C)CNC(=O)CCNC(=O)C(O)C(C)(C)COP(=O)(O)OP(=O)(O)OCC1OC(n2cnc3c(N)ncnc32)C(O)C1OP(=O)(O)O. The summed E-state index contributed by atoms with van der Waals surface area (Å²) in [5, 5.41) is 30.0. The first-order valence-corrected chi connectivity index (χ1v) is 19.6. The second-order valence-electron chi connectivity index (χ2n) is 11.7. The number of imidazole rings is 1. The number of aliphatic hydroxyl groups is 2. The molecule has 0 aromatic carbocycles. The molecule has 0 radical (unpaired) electrons. The first-order chi connectivity index (χ1) is 24.1. The van der Waals surface area contributed by atoms with E-state index in [1.807, 2.05) is 0 Å². The van der Waals surface area contributed by atoms with Gasteiger partial charge < -0.3 is 55.7 Å². The minimum atomic E-state index is -5.56. The molecule has 28 heteroatoms. The molecule has 2 aromatic rings. The Kier molecular flexibility index (Phi) is 14.9. The standard InChI is InChI=1S/C24H41N8O17P3/c1-5-44-31-13(2)8-27-15(33)6-7-26-22(36)19(35)24(3,4)10-46-52(42,43)49-51(40,41)45-9-14-18(48-50(37,38)39)17(34)23(47-14)32-12-30-16-20(25)28-11-29-21(16)32/h11-12,14,17-19,23,34-35H,5-10H2,1-4H3,(H,26,36)(H,27,33)(H,40,41)(H,42,43)(H2,25,28,29)(H2,37,38,39)/b31-13+. The van der Waals surface area contributed by atoms with Gasteiger partial charge in [-0.1, -0.05) is 19.0 Å². The Labute approximate surface area is 295 Å². The van der Waals surface area contributed by atoms with Crippen LogP contribution in [0, 0.1) is 5.41 Å². The van der Waals surface area contributed by atoms with E-state index in [1.165, 1.54) is 13.8 Å². The first kappa shape index (κ1) is 43.4. The van der Waals surface area contributed by atoms with Crippen LogP contribution in [0.15, 0.2) is 17.8 Å². The summed E-state index contributed by atoms with van der Waals surface area (Å²) in [4.78, 5) is 80.1. The van der Waals surface area contributed by atoms with Crippen LogP contribution in [0.25, 0.3) is 11.2 Å². The largest absolute Gasteiger partial charge is 0.481 e. The lowest BCUT2D eigenvalue weighted by molar-refractivity contribution is -0.137. The van der Waals surface area contributed by atoms with Crippen molar-refractivity contribution < 1.29 is 80.5 Å². The van der Waals surface area contributed by atoms with Gasteiger partial charge in [0.15, 0.2) is 17.7 Å². The molecule has 1 aliphatic rings. The summed E-state index contributed by atoms with van der Waals surface area (Å²) in [5.74, 6) is -1.45. The Hall–Kier alpha value is -2.99. The van der Waals surface area contributed by atoms with E-state index >= 15 is 0 Å².